The minimum absolute atomic E-state index is 0.0243. The van der Waals surface area contributed by atoms with Crippen molar-refractivity contribution in [3.05, 3.63) is 119 Å². The first kappa shape index (κ1) is 40.6. The molecule has 0 radical (unpaired) electrons. The first-order chi connectivity index (χ1) is 25.7. The minimum Gasteiger partial charge on any atom is -0.497 e. The van der Waals surface area contributed by atoms with E-state index in [4.69, 9.17) is 18.9 Å². The quantitative estimate of drug-likeness (QED) is 0.0872. The van der Waals surface area contributed by atoms with E-state index in [9.17, 15) is 37.1 Å². The Morgan fingerprint density at radius 2 is 1.31 bits per heavy atom. The second-order valence-electron chi connectivity index (χ2n) is 12.1. The van der Waals surface area contributed by atoms with Crippen LogP contribution in [0.2, 0.25) is 0 Å². The Kier molecular flexibility index (Phi) is 13.2. The van der Waals surface area contributed by atoms with E-state index in [2.05, 4.69) is 5.32 Å². The van der Waals surface area contributed by atoms with Gasteiger partial charge in [-0.25, -0.2) is 0 Å². The van der Waals surface area contributed by atoms with Crippen molar-refractivity contribution >= 4 is 35.4 Å². The van der Waals surface area contributed by atoms with Crippen molar-refractivity contribution < 1.29 is 56.1 Å². The lowest BCUT2D eigenvalue weighted by Crippen LogP contribution is -2.50. The number of amides is 2. The Hall–Kier alpha value is -6.18. The van der Waals surface area contributed by atoms with Crippen LogP contribution in [0.3, 0.4) is 0 Å². The zero-order valence-electron chi connectivity index (χ0n) is 30.2. The fourth-order valence-electron chi connectivity index (χ4n) is 5.50. The Bertz CT molecular complexity index is 1980. The second-order valence-corrected chi connectivity index (χ2v) is 12.1. The molecule has 0 fully saturated rings. The molecule has 0 atom stereocenters. The Morgan fingerprint density at radius 1 is 0.722 bits per heavy atom. The normalized spacial score (nSPS) is 11.3. The molecular weight excluding hydrogens is 709 g/mol. The molecule has 0 aliphatic rings. The number of halogens is 3. The fraction of sp³-hybridized carbons (Fsp3) is 0.275. The van der Waals surface area contributed by atoms with Crippen LogP contribution in [-0.4, -0.2) is 75.6 Å². The molecule has 0 unspecified atom stereocenters. The average Bonchev–Trinajstić information content (AvgIpc) is 3.15. The molecule has 0 aliphatic carbocycles. The van der Waals surface area contributed by atoms with Crippen molar-refractivity contribution in [1.82, 2.24) is 4.90 Å². The number of carbonyl (C=O) groups is 5. The molecule has 54 heavy (non-hydrogen) atoms. The van der Waals surface area contributed by atoms with Crippen LogP contribution in [0.5, 0.6) is 5.75 Å². The summed E-state index contributed by atoms with van der Waals surface area (Å²) < 4.78 is 60.7. The number of benzene rings is 4. The number of alkyl halides is 3. The fourth-order valence-corrected chi connectivity index (χ4v) is 5.50. The SMILES string of the molecule is CCOC(=O)C(COC(=O)Cc1ccc(NC(=O)c2ccccc2-c2ccc(C(F)(F)F)cc2)c(C(=O)N(C)C)c1)(C(=O)OCC)c1ccc(OC)cc1. The van der Waals surface area contributed by atoms with Crippen LogP contribution in [0.25, 0.3) is 11.1 Å². The molecule has 4 aromatic carbocycles. The molecule has 0 saturated heterocycles. The predicted molar refractivity (Wildman–Crippen MR) is 192 cm³/mol. The maximum absolute atomic E-state index is 13.6. The van der Waals surface area contributed by atoms with Gasteiger partial charge in [0, 0.05) is 19.7 Å². The monoisotopic (exact) mass is 748 g/mol. The number of esters is 3. The number of ether oxygens (including phenoxy) is 4. The van der Waals surface area contributed by atoms with Gasteiger partial charge in [0.2, 0.25) is 5.41 Å². The van der Waals surface area contributed by atoms with Gasteiger partial charge in [0.25, 0.3) is 11.8 Å². The average molecular weight is 749 g/mol. The Labute approximate surface area is 310 Å². The van der Waals surface area contributed by atoms with Crippen molar-refractivity contribution in [2.75, 3.05) is 46.3 Å². The first-order valence-corrected chi connectivity index (χ1v) is 16.7. The molecule has 11 nitrogen and oxygen atoms in total. The molecule has 0 aromatic heterocycles. The zero-order valence-corrected chi connectivity index (χ0v) is 30.2. The largest absolute Gasteiger partial charge is 0.497 e. The van der Waals surface area contributed by atoms with E-state index >= 15 is 0 Å². The van der Waals surface area contributed by atoms with Gasteiger partial charge in [-0.1, -0.05) is 48.5 Å². The van der Waals surface area contributed by atoms with Crippen LogP contribution < -0.4 is 10.1 Å². The van der Waals surface area contributed by atoms with E-state index in [1.54, 1.807) is 32.0 Å². The van der Waals surface area contributed by atoms with E-state index in [-0.39, 0.29) is 35.6 Å². The van der Waals surface area contributed by atoms with Crippen LogP contribution >= 0.6 is 0 Å². The second kappa shape index (κ2) is 17.6. The van der Waals surface area contributed by atoms with Crippen LogP contribution in [-0.2, 0) is 46.6 Å². The molecule has 2 amide bonds. The number of anilines is 1. The molecule has 0 saturated carbocycles. The van der Waals surface area contributed by atoms with E-state index in [1.165, 1.54) is 86.8 Å². The summed E-state index contributed by atoms with van der Waals surface area (Å²) in [4.78, 5) is 68.3. The number of methoxy groups -OCH3 is 1. The van der Waals surface area contributed by atoms with Crippen molar-refractivity contribution in [3.63, 3.8) is 0 Å². The van der Waals surface area contributed by atoms with Gasteiger partial charge < -0.3 is 29.2 Å². The summed E-state index contributed by atoms with van der Waals surface area (Å²) in [5.74, 6) is -3.53. The molecule has 284 valence electrons. The summed E-state index contributed by atoms with van der Waals surface area (Å²) in [6, 6.07) is 21.0. The maximum Gasteiger partial charge on any atom is 0.416 e. The predicted octanol–water partition coefficient (Wildman–Crippen LogP) is 6.49. The summed E-state index contributed by atoms with van der Waals surface area (Å²) in [6.45, 7) is 2.22. The van der Waals surface area contributed by atoms with Crippen molar-refractivity contribution in [3.8, 4) is 16.9 Å². The van der Waals surface area contributed by atoms with Gasteiger partial charge in [-0.3, -0.25) is 24.0 Å². The highest BCUT2D eigenvalue weighted by Crippen LogP contribution is 2.33. The Morgan fingerprint density at radius 3 is 1.87 bits per heavy atom. The molecule has 0 heterocycles. The smallest absolute Gasteiger partial charge is 0.416 e. The number of nitrogens with zero attached hydrogens (tertiary/aromatic N) is 1. The van der Waals surface area contributed by atoms with Crippen molar-refractivity contribution in [2.24, 2.45) is 0 Å². The molecule has 0 aliphatic heterocycles. The Balaban J connectivity index is 1.61. The lowest BCUT2D eigenvalue weighted by Gasteiger charge is -2.29. The third-order valence-electron chi connectivity index (χ3n) is 8.29. The van der Waals surface area contributed by atoms with Gasteiger partial charge in [-0.15, -0.1) is 0 Å². The lowest BCUT2D eigenvalue weighted by atomic mass is 9.81. The number of rotatable bonds is 14. The molecule has 4 aromatic rings. The van der Waals surface area contributed by atoms with Crippen LogP contribution in [0.4, 0.5) is 18.9 Å². The van der Waals surface area contributed by atoms with Crippen molar-refractivity contribution in [1.29, 1.82) is 0 Å². The molecule has 0 bridgehead atoms. The van der Waals surface area contributed by atoms with Crippen LogP contribution in [0.15, 0.2) is 91.0 Å². The summed E-state index contributed by atoms with van der Waals surface area (Å²) in [5, 5.41) is 2.71. The molecule has 4 rings (SSSR count). The lowest BCUT2D eigenvalue weighted by molar-refractivity contribution is -0.170. The summed E-state index contributed by atoms with van der Waals surface area (Å²) in [5.41, 5.74) is -1.56. The first-order valence-electron chi connectivity index (χ1n) is 16.7. The van der Waals surface area contributed by atoms with Gasteiger partial charge in [0.1, 0.15) is 12.4 Å². The van der Waals surface area contributed by atoms with Gasteiger partial charge in [0.15, 0.2) is 0 Å². The molecule has 1 N–H and O–H groups in total. The highest BCUT2D eigenvalue weighted by molar-refractivity contribution is 6.12. The van der Waals surface area contributed by atoms with E-state index in [0.717, 1.165) is 12.1 Å². The summed E-state index contributed by atoms with van der Waals surface area (Å²) in [7, 11) is 4.45. The standard InChI is InChI=1S/C40H39F3N2O9/c1-6-52-37(49)39(38(50)53-7-2,27-17-19-29(51-5)20-18-27)24-54-34(46)23-25-12-21-33(32(22-25)36(48)45(3)4)44-35(47)31-11-9-8-10-30(31)26-13-15-28(16-14-26)40(41,42)43/h8-22H,6-7,23-24H2,1-5H3,(H,44,47). The van der Waals surface area contributed by atoms with Crippen LogP contribution in [0, 0.1) is 0 Å². The minimum atomic E-state index is -4.53. The number of carbonyl (C=O) groups excluding carboxylic acids is 5. The maximum atomic E-state index is 13.6. The number of hydrogen-bond acceptors (Lipinski definition) is 9. The third kappa shape index (κ3) is 9.24. The van der Waals surface area contributed by atoms with Gasteiger partial charge in [0.05, 0.1) is 43.6 Å². The van der Waals surface area contributed by atoms with E-state index < -0.39 is 59.9 Å². The van der Waals surface area contributed by atoms with Gasteiger partial charge in [-0.05, 0) is 78.6 Å². The zero-order chi connectivity index (χ0) is 39.6. The van der Waals surface area contributed by atoms with Gasteiger partial charge >= 0.3 is 24.1 Å². The number of nitrogens with one attached hydrogen (secondary N) is 1. The topological polar surface area (TPSA) is 138 Å². The van der Waals surface area contributed by atoms with Crippen LogP contribution in [0.1, 0.15) is 51.3 Å². The van der Waals surface area contributed by atoms with E-state index in [0.29, 0.717) is 22.4 Å². The highest BCUT2D eigenvalue weighted by Gasteiger charge is 2.52. The summed E-state index contributed by atoms with van der Waals surface area (Å²) in [6.07, 6.45) is -4.93. The molecule has 14 heteroatoms. The summed E-state index contributed by atoms with van der Waals surface area (Å²) >= 11 is 0. The molecular formula is C40H39F3N2O9. The molecule has 0 spiro atoms. The van der Waals surface area contributed by atoms with Crippen molar-refractivity contribution in [2.45, 2.75) is 31.9 Å². The van der Waals surface area contributed by atoms with Gasteiger partial charge in [-0.2, -0.15) is 13.2 Å². The van der Waals surface area contributed by atoms with E-state index in [1.807, 2.05) is 0 Å². The highest BCUT2D eigenvalue weighted by atomic mass is 19.4. The third-order valence-corrected chi connectivity index (χ3v) is 8.29. The number of hydrogen-bond donors (Lipinski definition) is 1.